The highest BCUT2D eigenvalue weighted by molar-refractivity contribution is 5.85. The van der Waals surface area contributed by atoms with Crippen molar-refractivity contribution in [2.45, 2.75) is 19.9 Å². The van der Waals surface area contributed by atoms with Crippen LogP contribution in [0.15, 0.2) is 18.2 Å². The van der Waals surface area contributed by atoms with Gasteiger partial charge in [0.05, 0.1) is 22.7 Å². The molecule has 1 aromatic carbocycles. The van der Waals surface area contributed by atoms with Gasteiger partial charge in [-0.3, -0.25) is 9.36 Å². The zero-order valence-electron chi connectivity index (χ0n) is 10.8. The van der Waals surface area contributed by atoms with E-state index in [1.165, 1.54) is 0 Å². The fourth-order valence-corrected chi connectivity index (χ4v) is 2.23. The Hall–Kier alpha value is -2.55. The maximum atomic E-state index is 11.6. The molecule has 1 aromatic heterocycles. The summed E-state index contributed by atoms with van der Waals surface area (Å²) in [6.45, 7) is 3.77. The van der Waals surface area contributed by atoms with E-state index in [9.17, 15) is 4.79 Å². The maximum absolute atomic E-state index is 11.6. The summed E-state index contributed by atoms with van der Waals surface area (Å²) < 4.78 is 1.60. The van der Waals surface area contributed by atoms with Gasteiger partial charge in [-0.25, -0.2) is 4.98 Å². The monoisotopic (exact) mass is 257 g/mol. The standard InChI is InChI=1S/C13H15N5O/c1-7(2)11(12(15)19)18-10-5-8(6-14)3-4-9(10)17-13(18)16/h3-5,7,11H,1-2H3,(H2,15,19)(H2,16,17). The molecule has 0 spiro atoms. The number of benzene rings is 1. The second-order valence-corrected chi connectivity index (χ2v) is 4.75. The molecule has 6 heteroatoms. The minimum atomic E-state index is -0.584. The van der Waals surface area contributed by atoms with Crippen molar-refractivity contribution in [2.75, 3.05) is 5.73 Å². The third-order valence-corrected chi connectivity index (χ3v) is 3.05. The van der Waals surface area contributed by atoms with Crippen molar-refractivity contribution in [1.29, 1.82) is 5.26 Å². The Morgan fingerprint density at radius 3 is 2.68 bits per heavy atom. The fourth-order valence-electron chi connectivity index (χ4n) is 2.23. The summed E-state index contributed by atoms with van der Waals surface area (Å²) in [7, 11) is 0. The zero-order valence-corrected chi connectivity index (χ0v) is 10.8. The third kappa shape index (κ3) is 2.10. The maximum Gasteiger partial charge on any atom is 0.240 e. The van der Waals surface area contributed by atoms with Gasteiger partial charge in [0.2, 0.25) is 11.9 Å². The number of primary amides is 1. The average Bonchev–Trinajstić information content (AvgIpc) is 2.65. The molecule has 4 N–H and O–H groups in total. The number of fused-ring (bicyclic) bond motifs is 1. The molecule has 1 amide bonds. The molecule has 0 saturated heterocycles. The molecule has 2 aromatic rings. The lowest BCUT2D eigenvalue weighted by Gasteiger charge is -2.20. The Morgan fingerprint density at radius 1 is 1.47 bits per heavy atom. The first kappa shape index (κ1) is 12.9. The van der Waals surface area contributed by atoms with E-state index in [1.807, 2.05) is 13.8 Å². The lowest BCUT2D eigenvalue weighted by atomic mass is 10.0. The molecule has 1 unspecified atom stereocenters. The number of rotatable bonds is 3. The van der Waals surface area contributed by atoms with E-state index in [0.29, 0.717) is 16.6 Å². The number of carbonyl (C=O) groups is 1. The second kappa shape index (κ2) is 4.61. The van der Waals surface area contributed by atoms with Gasteiger partial charge in [-0.05, 0) is 24.1 Å². The van der Waals surface area contributed by atoms with Gasteiger partial charge in [0.15, 0.2) is 0 Å². The first-order valence-electron chi connectivity index (χ1n) is 5.92. The molecule has 19 heavy (non-hydrogen) atoms. The molecule has 6 nitrogen and oxygen atoms in total. The van der Waals surface area contributed by atoms with Crippen LogP contribution < -0.4 is 11.5 Å². The first-order chi connectivity index (χ1) is 8.95. The molecule has 0 aliphatic rings. The topological polar surface area (TPSA) is 111 Å². The van der Waals surface area contributed by atoms with Crippen LogP contribution in [0.25, 0.3) is 11.0 Å². The van der Waals surface area contributed by atoms with Crippen molar-refractivity contribution in [3.05, 3.63) is 23.8 Å². The van der Waals surface area contributed by atoms with Crippen LogP contribution in [0.5, 0.6) is 0 Å². The number of hydrogen-bond acceptors (Lipinski definition) is 4. The SMILES string of the molecule is CC(C)C(C(N)=O)n1c(N)nc2ccc(C#N)cc21. The van der Waals surface area contributed by atoms with E-state index in [0.717, 1.165) is 0 Å². The van der Waals surface area contributed by atoms with E-state index in [1.54, 1.807) is 22.8 Å². The molecule has 2 rings (SSSR count). The molecule has 0 fully saturated rings. The number of imidazole rings is 1. The Kier molecular flexibility index (Phi) is 3.13. The summed E-state index contributed by atoms with van der Waals surface area (Å²) in [6, 6.07) is 6.50. The van der Waals surface area contributed by atoms with Gasteiger partial charge in [0, 0.05) is 0 Å². The minimum Gasteiger partial charge on any atom is -0.369 e. The molecular formula is C13H15N5O. The van der Waals surface area contributed by atoms with E-state index in [2.05, 4.69) is 11.1 Å². The molecule has 0 radical (unpaired) electrons. The fraction of sp³-hybridized carbons (Fsp3) is 0.308. The summed E-state index contributed by atoms with van der Waals surface area (Å²) in [5, 5.41) is 8.95. The first-order valence-corrected chi connectivity index (χ1v) is 5.92. The van der Waals surface area contributed by atoms with Crippen LogP contribution in [0, 0.1) is 17.2 Å². The molecule has 1 heterocycles. The van der Waals surface area contributed by atoms with E-state index in [-0.39, 0.29) is 11.9 Å². The number of nitriles is 1. The lowest BCUT2D eigenvalue weighted by Crippen LogP contribution is -2.31. The summed E-state index contributed by atoms with van der Waals surface area (Å²) in [4.78, 5) is 15.8. The Bertz CT molecular complexity index is 680. The van der Waals surface area contributed by atoms with Crippen molar-refractivity contribution in [1.82, 2.24) is 9.55 Å². The number of nitrogens with two attached hydrogens (primary N) is 2. The van der Waals surface area contributed by atoms with Gasteiger partial charge in [0.25, 0.3) is 0 Å². The van der Waals surface area contributed by atoms with Crippen molar-refractivity contribution >= 4 is 22.9 Å². The lowest BCUT2D eigenvalue weighted by molar-refractivity contribution is -0.122. The summed E-state index contributed by atoms with van der Waals surface area (Å²) in [5.74, 6) is -0.270. The van der Waals surface area contributed by atoms with Gasteiger partial charge < -0.3 is 11.5 Å². The number of anilines is 1. The summed E-state index contributed by atoms with van der Waals surface area (Å²) >= 11 is 0. The number of hydrogen-bond donors (Lipinski definition) is 2. The van der Waals surface area contributed by atoms with Crippen molar-refractivity contribution in [3.8, 4) is 6.07 Å². The molecule has 98 valence electrons. The Balaban J connectivity index is 2.74. The van der Waals surface area contributed by atoms with Gasteiger partial charge in [0.1, 0.15) is 6.04 Å². The zero-order chi connectivity index (χ0) is 14.2. The predicted octanol–water partition coefficient (Wildman–Crippen LogP) is 1.17. The van der Waals surface area contributed by atoms with Crippen molar-refractivity contribution in [2.24, 2.45) is 11.7 Å². The van der Waals surface area contributed by atoms with Crippen LogP contribution in [0.3, 0.4) is 0 Å². The van der Waals surface area contributed by atoms with Gasteiger partial charge in [-0.1, -0.05) is 13.8 Å². The highest BCUT2D eigenvalue weighted by Crippen LogP contribution is 2.27. The quantitative estimate of drug-likeness (QED) is 0.859. The van der Waals surface area contributed by atoms with Gasteiger partial charge in [-0.2, -0.15) is 5.26 Å². The molecule has 1 atom stereocenters. The largest absolute Gasteiger partial charge is 0.369 e. The van der Waals surface area contributed by atoms with E-state index >= 15 is 0 Å². The van der Waals surface area contributed by atoms with Crippen LogP contribution >= 0.6 is 0 Å². The average molecular weight is 257 g/mol. The van der Waals surface area contributed by atoms with Gasteiger partial charge in [-0.15, -0.1) is 0 Å². The molecule has 0 saturated carbocycles. The number of nitrogen functional groups attached to an aromatic ring is 1. The molecule has 0 aliphatic carbocycles. The van der Waals surface area contributed by atoms with Crippen LogP contribution in [0.4, 0.5) is 5.95 Å². The van der Waals surface area contributed by atoms with Crippen molar-refractivity contribution in [3.63, 3.8) is 0 Å². The number of amides is 1. The molecule has 0 bridgehead atoms. The summed E-state index contributed by atoms with van der Waals surface area (Å²) in [5.41, 5.74) is 13.1. The molecular weight excluding hydrogens is 242 g/mol. The third-order valence-electron chi connectivity index (χ3n) is 3.05. The number of aromatic nitrogens is 2. The summed E-state index contributed by atoms with van der Waals surface area (Å²) in [6.07, 6.45) is 0. The van der Waals surface area contributed by atoms with Crippen LogP contribution in [0.1, 0.15) is 25.5 Å². The Labute approximate surface area is 110 Å². The van der Waals surface area contributed by atoms with E-state index in [4.69, 9.17) is 16.7 Å². The van der Waals surface area contributed by atoms with Crippen molar-refractivity contribution < 1.29 is 4.79 Å². The van der Waals surface area contributed by atoms with Crippen LogP contribution in [0.2, 0.25) is 0 Å². The van der Waals surface area contributed by atoms with E-state index < -0.39 is 11.9 Å². The molecule has 0 aliphatic heterocycles. The minimum absolute atomic E-state index is 0.0251. The van der Waals surface area contributed by atoms with Gasteiger partial charge >= 0.3 is 0 Å². The smallest absolute Gasteiger partial charge is 0.240 e. The Morgan fingerprint density at radius 2 is 2.16 bits per heavy atom. The normalized spacial score (nSPS) is 12.5. The highest BCUT2D eigenvalue weighted by atomic mass is 16.1. The second-order valence-electron chi connectivity index (χ2n) is 4.75. The number of nitrogens with zero attached hydrogens (tertiary/aromatic N) is 3. The number of carbonyl (C=O) groups excluding carboxylic acids is 1. The highest BCUT2D eigenvalue weighted by Gasteiger charge is 2.25. The predicted molar refractivity (Wildman–Crippen MR) is 71.9 cm³/mol. The van der Waals surface area contributed by atoms with Crippen LogP contribution in [-0.2, 0) is 4.79 Å². The van der Waals surface area contributed by atoms with Crippen LogP contribution in [-0.4, -0.2) is 15.5 Å².